The second-order valence-electron chi connectivity index (χ2n) is 9.13. The van der Waals surface area contributed by atoms with E-state index in [0.717, 1.165) is 11.1 Å². The van der Waals surface area contributed by atoms with Crippen LogP contribution in [0.15, 0.2) is 103 Å². The summed E-state index contributed by atoms with van der Waals surface area (Å²) in [5.41, 5.74) is 2.89. The van der Waals surface area contributed by atoms with Crippen molar-refractivity contribution in [3.8, 4) is 0 Å². The first-order chi connectivity index (χ1) is 18.4. The fourth-order valence-corrected chi connectivity index (χ4v) is 4.42. The minimum Gasteiger partial charge on any atom is -0.308 e. The molecule has 4 N–H and O–H groups in total. The van der Waals surface area contributed by atoms with Crippen LogP contribution in [-0.2, 0) is 10.5 Å². The van der Waals surface area contributed by atoms with Gasteiger partial charge >= 0.3 is 12.1 Å². The molecule has 0 saturated heterocycles. The maximum Gasteiger partial charge on any atom is 0.321 e. The Morgan fingerprint density at radius 2 is 1.11 bits per heavy atom. The number of carbonyl (C=O) groups is 3. The highest BCUT2D eigenvalue weighted by molar-refractivity contribution is 6.15. The molecule has 0 spiro atoms. The Morgan fingerprint density at radius 3 is 1.63 bits per heavy atom. The van der Waals surface area contributed by atoms with Gasteiger partial charge in [0.2, 0.25) is 5.66 Å². The summed E-state index contributed by atoms with van der Waals surface area (Å²) in [7, 11) is 0. The summed E-state index contributed by atoms with van der Waals surface area (Å²) >= 11 is 0. The van der Waals surface area contributed by atoms with Gasteiger partial charge in [0.1, 0.15) is 0 Å². The van der Waals surface area contributed by atoms with Gasteiger partial charge < -0.3 is 21.3 Å². The monoisotopic (exact) mass is 505 g/mol. The van der Waals surface area contributed by atoms with Crippen LogP contribution in [0.5, 0.6) is 0 Å². The number of fused-ring (bicyclic) bond motifs is 1. The first-order valence-electron chi connectivity index (χ1n) is 12.2. The van der Waals surface area contributed by atoms with Crippen molar-refractivity contribution in [2.75, 3.05) is 15.5 Å². The van der Waals surface area contributed by atoms with Crippen LogP contribution in [0.2, 0.25) is 0 Å². The normalized spacial score (nSPS) is 13.4. The number of nitrogens with one attached hydrogen (secondary N) is 4. The molecule has 0 aliphatic carbocycles. The zero-order chi connectivity index (χ0) is 26.7. The number of urea groups is 2. The molecule has 190 valence electrons. The summed E-state index contributed by atoms with van der Waals surface area (Å²) in [5, 5.41) is 11.1. The number of amides is 5. The number of nitrogens with zero attached hydrogens (tertiary/aromatic N) is 1. The Kier molecular flexibility index (Phi) is 6.53. The average Bonchev–Trinajstić information content (AvgIpc) is 3.14. The van der Waals surface area contributed by atoms with Gasteiger partial charge in [-0.05, 0) is 56.3 Å². The van der Waals surface area contributed by atoms with E-state index in [0.29, 0.717) is 28.3 Å². The van der Waals surface area contributed by atoms with Crippen molar-refractivity contribution >= 4 is 40.7 Å². The van der Waals surface area contributed by atoms with Crippen molar-refractivity contribution in [2.24, 2.45) is 0 Å². The SMILES string of the molecule is Cc1ccc(NC(=O)NC2(NC(=O)Nc3ccc(C)cc3)C(=O)N(c3ccccc3)c3ccccc32)cc1. The maximum absolute atomic E-state index is 14.2. The lowest BCUT2D eigenvalue weighted by Crippen LogP contribution is -2.64. The van der Waals surface area contributed by atoms with Gasteiger partial charge in [-0.1, -0.05) is 71.8 Å². The minimum atomic E-state index is -1.88. The van der Waals surface area contributed by atoms with Crippen LogP contribution in [0.1, 0.15) is 16.7 Å². The molecule has 4 aromatic rings. The van der Waals surface area contributed by atoms with Gasteiger partial charge in [0.25, 0.3) is 5.91 Å². The smallest absolute Gasteiger partial charge is 0.308 e. The molecule has 8 heteroatoms. The maximum atomic E-state index is 14.2. The molecule has 0 aromatic heterocycles. The van der Waals surface area contributed by atoms with Crippen molar-refractivity contribution in [1.29, 1.82) is 0 Å². The second-order valence-corrected chi connectivity index (χ2v) is 9.13. The predicted octanol–water partition coefficient (Wildman–Crippen LogP) is 5.78. The van der Waals surface area contributed by atoms with E-state index in [2.05, 4.69) is 21.3 Å². The van der Waals surface area contributed by atoms with E-state index in [1.807, 2.05) is 56.3 Å². The summed E-state index contributed by atoms with van der Waals surface area (Å²) in [6, 6.07) is 29.4. The number of para-hydroxylation sites is 2. The van der Waals surface area contributed by atoms with Gasteiger partial charge in [0.05, 0.1) is 5.69 Å². The third-order valence-corrected chi connectivity index (χ3v) is 6.31. The lowest BCUT2D eigenvalue weighted by atomic mass is 10.0. The first-order valence-corrected chi connectivity index (χ1v) is 12.2. The number of carbonyl (C=O) groups excluding carboxylic acids is 3. The predicted molar refractivity (Wildman–Crippen MR) is 148 cm³/mol. The summed E-state index contributed by atoms with van der Waals surface area (Å²) in [4.78, 5) is 42.2. The van der Waals surface area contributed by atoms with E-state index >= 15 is 0 Å². The van der Waals surface area contributed by atoms with Gasteiger partial charge in [-0.2, -0.15) is 0 Å². The quantitative estimate of drug-likeness (QED) is 0.259. The zero-order valence-corrected chi connectivity index (χ0v) is 21.0. The Bertz CT molecular complexity index is 1420. The van der Waals surface area contributed by atoms with Crippen molar-refractivity contribution < 1.29 is 14.4 Å². The lowest BCUT2D eigenvalue weighted by molar-refractivity contribution is -0.124. The van der Waals surface area contributed by atoms with E-state index in [-0.39, 0.29) is 0 Å². The second kappa shape index (κ2) is 10.1. The van der Waals surface area contributed by atoms with Crippen LogP contribution in [0, 0.1) is 13.8 Å². The van der Waals surface area contributed by atoms with E-state index in [1.54, 1.807) is 60.7 Å². The third kappa shape index (κ3) is 4.79. The van der Waals surface area contributed by atoms with Crippen molar-refractivity contribution in [1.82, 2.24) is 10.6 Å². The van der Waals surface area contributed by atoms with Crippen LogP contribution in [0.4, 0.5) is 32.3 Å². The number of anilines is 4. The topological polar surface area (TPSA) is 103 Å². The van der Waals surface area contributed by atoms with Crippen LogP contribution >= 0.6 is 0 Å². The molecule has 0 unspecified atom stereocenters. The fourth-order valence-electron chi connectivity index (χ4n) is 4.42. The van der Waals surface area contributed by atoms with Gasteiger partial charge in [-0.3, -0.25) is 9.69 Å². The van der Waals surface area contributed by atoms with Gasteiger partial charge in [-0.15, -0.1) is 0 Å². The number of aryl methyl sites for hydroxylation is 2. The molecule has 0 fully saturated rings. The van der Waals surface area contributed by atoms with Crippen LogP contribution in [-0.4, -0.2) is 18.0 Å². The van der Waals surface area contributed by atoms with E-state index in [4.69, 9.17) is 0 Å². The van der Waals surface area contributed by atoms with Crippen LogP contribution < -0.4 is 26.2 Å². The molecule has 5 amide bonds. The molecule has 1 aliphatic rings. The van der Waals surface area contributed by atoms with Gasteiger partial charge in [-0.25, -0.2) is 9.59 Å². The van der Waals surface area contributed by atoms with Gasteiger partial charge in [0, 0.05) is 22.6 Å². The average molecular weight is 506 g/mol. The lowest BCUT2D eigenvalue weighted by Gasteiger charge is -2.31. The van der Waals surface area contributed by atoms with Crippen molar-refractivity contribution in [3.05, 3.63) is 120 Å². The Balaban J connectivity index is 1.52. The molecular formula is C30H27N5O3. The summed E-state index contributed by atoms with van der Waals surface area (Å²) < 4.78 is 0. The summed E-state index contributed by atoms with van der Waals surface area (Å²) in [5.74, 6) is -0.525. The van der Waals surface area contributed by atoms with E-state index in [9.17, 15) is 14.4 Å². The highest BCUT2D eigenvalue weighted by Gasteiger charge is 2.54. The highest BCUT2D eigenvalue weighted by atomic mass is 16.2. The highest BCUT2D eigenvalue weighted by Crippen LogP contribution is 2.43. The molecular weight excluding hydrogens is 478 g/mol. The molecule has 0 radical (unpaired) electrons. The molecule has 5 rings (SSSR count). The molecule has 1 heterocycles. The first kappa shape index (κ1) is 24.6. The molecule has 0 saturated carbocycles. The Hall–Kier alpha value is -5.11. The molecule has 38 heavy (non-hydrogen) atoms. The van der Waals surface area contributed by atoms with Crippen LogP contribution in [0.3, 0.4) is 0 Å². The summed E-state index contributed by atoms with van der Waals surface area (Å²) in [6.07, 6.45) is 0. The number of rotatable bonds is 5. The number of hydrogen-bond donors (Lipinski definition) is 4. The van der Waals surface area contributed by atoms with E-state index in [1.165, 1.54) is 4.90 Å². The zero-order valence-electron chi connectivity index (χ0n) is 21.0. The Morgan fingerprint density at radius 1 is 0.632 bits per heavy atom. The molecule has 1 aliphatic heterocycles. The van der Waals surface area contributed by atoms with Crippen molar-refractivity contribution in [2.45, 2.75) is 19.5 Å². The molecule has 8 nitrogen and oxygen atoms in total. The summed E-state index contributed by atoms with van der Waals surface area (Å²) in [6.45, 7) is 3.89. The van der Waals surface area contributed by atoms with E-state index < -0.39 is 23.6 Å². The number of hydrogen-bond acceptors (Lipinski definition) is 3. The Labute approximate surface area is 220 Å². The van der Waals surface area contributed by atoms with Crippen molar-refractivity contribution in [3.63, 3.8) is 0 Å². The van der Waals surface area contributed by atoms with Gasteiger partial charge in [0.15, 0.2) is 0 Å². The molecule has 0 bridgehead atoms. The van der Waals surface area contributed by atoms with Crippen LogP contribution in [0.25, 0.3) is 0 Å². The third-order valence-electron chi connectivity index (χ3n) is 6.31. The standard InChI is InChI=1S/C30H27N5O3/c1-20-12-16-22(17-13-20)31-28(37)33-30(34-29(38)32-23-18-14-21(2)15-19-23)25-10-6-7-11-26(25)35(27(30)36)24-8-4-3-5-9-24/h3-19H,1-2H3,(H2,31,33,37)(H2,32,34,38). The minimum absolute atomic E-state index is 0.437. The largest absolute Gasteiger partial charge is 0.321 e. The molecule has 0 atom stereocenters. The fraction of sp³-hybridized carbons (Fsp3) is 0.100. The number of benzene rings is 4. The molecule has 4 aromatic carbocycles.